The summed E-state index contributed by atoms with van der Waals surface area (Å²) in [6, 6.07) is 14.4. The molecular weight excluding hydrogens is 282 g/mol. The van der Waals surface area contributed by atoms with Gasteiger partial charge in [0.15, 0.2) is 0 Å². The molecule has 0 atom stereocenters. The Bertz CT molecular complexity index is 651. The zero-order valence-electron chi connectivity index (χ0n) is 12.4. The topological polar surface area (TPSA) is 21.3 Å². The third kappa shape index (κ3) is 3.39. The van der Waals surface area contributed by atoms with Crippen molar-refractivity contribution in [2.45, 2.75) is 39.0 Å². The largest absolute Gasteiger partial charge is 0.487 e. The van der Waals surface area contributed by atoms with Gasteiger partial charge in [-0.1, -0.05) is 41.9 Å². The van der Waals surface area contributed by atoms with E-state index >= 15 is 0 Å². The molecule has 0 saturated heterocycles. The first-order chi connectivity index (χ1) is 10.0. The van der Waals surface area contributed by atoms with Crippen molar-refractivity contribution in [2.75, 3.05) is 0 Å². The van der Waals surface area contributed by atoms with Gasteiger partial charge in [0.2, 0.25) is 0 Å². The lowest BCUT2D eigenvalue weighted by Crippen LogP contribution is -2.24. The van der Waals surface area contributed by atoms with E-state index in [0.717, 1.165) is 35.8 Å². The highest BCUT2D eigenvalue weighted by Gasteiger charge is 2.29. The number of hydrogen-bond donors (Lipinski definition) is 1. The summed E-state index contributed by atoms with van der Waals surface area (Å²) in [5, 5.41) is 4.26. The van der Waals surface area contributed by atoms with Crippen LogP contribution in [0.25, 0.3) is 0 Å². The quantitative estimate of drug-likeness (QED) is 0.907. The number of nitrogens with one attached hydrogen (secondary N) is 1. The van der Waals surface area contributed by atoms with E-state index in [1.807, 2.05) is 24.3 Å². The Morgan fingerprint density at radius 2 is 1.95 bits per heavy atom. The SMILES string of the molecule is CC1(C)Cc2cc(CNCc3ccccc3Cl)ccc2O1. The van der Waals surface area contributed by atoms with Gasteiger partial charge in [0.05, 0.1) is 0 Å². The number of rotatable bonds is 4. The molecule has 0 aromatic heterocycles. The smallest absolute Gasteiger partial charge is 0.123 e. The molecule has 1 aliphatic heterocycles. The van der Waals surface area contributed by atoms with E-state index in [4.69, 9.17) is 16.3 Å². The van der Waals surface area contributed by atoms with Crippen LogP contribution in [0.4, 0.5) is 0 Å². The fourth-order valence-corrected chi connectivity index (χ4v) is 2.96. The molecule has 0 unspecified atom stereocenters. The average molecular weight is 302 g/mol. The Morgan fingerprint density at radius 1 is 1.14 bits per heavy atom. The van der Waals surface area contributed by atoms with Gasteiger partial charge in [-0.25, -0.2) is 0 Å². The maximum absolute atomic E-state index is 6.16. The molecule has 0 fully saturated rings. The molecule has 0 bridgehead atoms. The van der Waals surface area contributed by atoms with E-state index in [-0.39, 0.29) is 5.60 Å². The first-order valence-corrected chi connectivity index (χ1v) is 7.66. The van der Waals surface area contributed by atoms with Gasteiger partial charge in [-0.15, -0.1) is 0 Å². The number of halogens is 1. The Kier molecular flexibility index (Phi) is 3.92. The molecule has 1 heterocycles. The van der Waals surface area contributed by atoms with Gasteiger partial charge in [0.1, 0.15) is 11.4 Å². The fourth-order valence-electron chi connectivity index (χ4n) is 2.76. The molecule has 110 valence electrons. The second kappa shape index (κ2) is 5.70. The van der Waals surface area contributed by atoms with E-state index in [0.29, 0.717) is 0 Å². The van der Waals surface area contributed by atoms with Crippen molar-refractivity contribution in [3.8, 4) is 5.75 Å². The number of hydrogen-bond acceptors (Lipinski definition) is 2. The van der Waals surface area contributed by atoms with Gasteiger partial charge in [0.25, 0.3) is 0 Å². The van der Waals surface area contributed by atoms with Crippen molar-refractivity contribution in [1.29, 1.82) is 0 Å². The van der Waals surface area contributed by atoms with Crippen LogP contribution >= 0.6 is 11.6 Å². The van der Waals surface area contributed by atoms with Crippen LogP contribution in [0.1, 0.15) is 30.5 Å². The van der Waals surface area contributed by atoms with Crippen LogP contribution in [-0.2, 0) is 19.5 Å². The van der Waals surface area contributed by atoms with Crippen molar-refractivity contribution in [3.63, 3.8) is 0 Å². The number of ether oxygens (including phenoxy) is 1. The van der Waals surface area contributed by atoms with Gasteiger partial charge >= 0.3 is 0 Å². The van der Waals surface area contributed by atoms with Crippen molar-refractivity contribution >= 4 is 11.6 Å². The van der Waals surface area contributed by atoms with Crippen LogP contribution in [0, 0.1) is 0 Å². The third-order valence-electron chi connectivity index (χ3n) is 3.73. The summed E-state index contributed by atoms with van der Waals surface area (Å²) in [6.45, 7) is 5.86. The monoisotopic (exact) mass is 301 g/mol. The zero-order valence-corrected chi connectivity index (χ0v) is 13.2. The zero-order chi connectivity index (χ0) is 14.9. The highest BCUT2D eigenvalue weighted by molar-refractivity contribution is 6.31. The van der Waals surface area contributed by atoms with Gasteiger partial charge < -0.3 is 10.1 Å². The molecular formula is C18H20ClNO. The van der Waals surface area contributed by atoms with Gasteiger partial charge in [0, 0.05) is 24.5 Å². The van der Waals surface area contributed by atoms with E-state index in [1.54, 1.807) is 0 Å². The molecule has 3 heteroatoms. The summed E-state index contributed by atoms with van der Waals surface area (Å²) >= 11 is 6.16. The molecule has 1 aliphatic rings. The Morgan fingerprint density at radius 3 is 2.76 bits per heavy atom. The lowest BCUT2D eigenvalue weighted by atomic mass is 10.0. The summed E-state index contributed by atoms with van der Waals surface area (Å²) in [6.07, 6.45) is 0.973. The lowest BCUT2D eigenvalue weighted by Gasteiger charge is -2.16. The Hall–Kier alpha value is -1.51. The van der Waals surface area contributed by atoms with Crippen molar-refractivity contribution in [1.82, 2.24) is 5.32 Å². The average Bonchev–Trinajstić information content (AvgIpc) is 2.74. The first kappa shape index (κ1) is 14.4. The Labute approximate surface area is 131 Å². The molecule has 0 saturated carbocycles. The van der Waals surface area contributed by atoms with Crippen molar-refractivity contribution in [3.05, 3.63) is 64.2 Å². The highest BCUT2D eigenvalue weighted by atomic mass is 35.5. The molecule has 3 rings (SSSR count). The van der Waals surface area contributed by atoms with Crippen LogP contribution in [0.5, 0.6) is 5.75 Å². The van der Waals surface area contributed by atoms with Crippen molar-refractivity contribution in [2.24, 2.45) is 0 Å². The third-order valence-corrected chi connectivity index (χ3v) is 4.10. The second-order valence-corrected chi connectivity index (χ2v) is 6.58. The minimum atomic E-state index is -0.0774. The van der Waals surface area contributed by atoms with Crippen LogP contribution in [0.15, 0.2) is 42.5 Å². The van der Waals surface area contributed by atoms with E-state index in [9.17, 15) is 0 Å². The summed E-state index contributed by atoms with van der Waals surface area (Å²) in [4.78, 5) is 0. The maximum atomic E-state index is 6.16. The molecule has 0 aliphatic carbocycles. The summed E-state index contributed by atoms with van der Waals surface area (Å²) in [7, 11) is 0. The van der Waals surface area contributed by atoms with Gasteiger partial charge in [-0.3, -0.25) is 0 Å². The van der Waals surface area contributed by atoms with Crippen LogP contribution < -0.4 is 10.1 Å². The number of fused-ring (bicyclic) bond motifs is 1. The summed E-state index contributed by atoms with van der Waals surface area (Å²) in [5.74, 6) is 1.02. The van der Waals surface area contributed by atoms with E-state index in [2.05, 4.69) is 37.4 Å². The fraction of sp³-hybridized carbons (Fsp3) is 0.333. The maximum Gasteiger partial charge on any atom is 0.123 e. The molecule has 0 spiro atoms. The summed E-state index contributed by atoms with van der Waals surface area (Å²) in [5.41, 5.74) is 3.63. The predicted molar refractivity (Wildman–Crippen MR) is 86.8 cm³/mol. The van der Waals surface area contributed by atoms with Crippen LogP contribution in [0.2, 0.25) is 5.02 Å². The highest BCUT2D eigenvalue weighted by Crippen LogP contribution is 2.35. The molecule has 2 aromatic carbocycles. The molecule has 1 N–H and O–H groups in total. The molecule has 2 nitrogen and oxygen atoms in total. The molecule has 21 heavy (non-hydrogen) atoms. The van der Waals surface area contributed by atoms with Gasteiger partial charge in [-0.2, -0.15) is 0 Å². The van der Waals surface area contributed by atoms with Crippen LogP contribution in [0.3, 0.4) is 0 Å². The Balaban J connectivity index is 1.61. The number of benzene rings is 2. The normalized spacial score (nSPS) is 15.6. The minimum Gasteiger partial charge on any atom is -0.487 e. The standard InChI is InChI=1S/C18H20ClNO/c1-18(2)10-15-9-13(7-8-17(15)21-18)11-20-12-14-5-3-4-6-16(14)19/h3-9,20H,10-12H2,1-2H3. The van der Waals surface area contributed by atoms with Gasteiger partial charge in [-0.05, 0) is 42.7 Å². The first-order valence-electron chi connectivity index (χ1n) is 7.28. The van der Waals surface area contributed by atoms with E-state index in [1.165, 1.54) is 11.1 Å². The van der Waals surface area contributed by atoms with E-state index < -0.39 is 0 Å². The minimum absolute atomic E-state index is 0.0774. The lowest BCUT2D eigenvalue weighted by molar-refractivity contribution is 0.138. The second-order valence-electron chi connectivity index (χ2n) is 6.18. The predicted octanol–water partition coefficient (Wildman–Crippen LogP) is 4.34. The molecule has 0 radical (unpaired) electrons. The van der Waals surface area contributed by atoms with Crippen LogP contribution in [-0.4, -0.2) is 5.60 Å². The van der Waals surface area contributed by atoms with Crippen molar-refractivity contribution < 1.29 is 4.74 Å². The molecule has 2 aromatic rings. The summed E-state index contributed by atoms with van der Waals surface area (Å²) < 4.78 is 5.90. The molecule has 0 amide bonds.